The fourth-order valence-corrected chi connectivity index (χ4v) is 3.73. The molecule has 3 amide bonds. The van der Waals surface area contributed by atoms with Gasteiger partial charge in [0.2, 0.25) is 11.8 Å². The third kappa shape index (κ3) is 10.5. The molecule has 0 saturated carbocycles. The van der Waals surface area contributed by atoms with Crippen LogP contribution in [0.5, 0.6) is 0 Å². The summed E-state index contributed by atoms with van der Waals surface area (Å²) in [6, 6.07) is 7.16. The maximum absolute atomic E-state index is 13.8. The van der Waals surface area contributed by atoms with Crippen molar-refractivity contribution in [1.82, 2.24) is 15.5 Å². The van der Waals surface area contributed by atoms with Gasteiger partial charge in [-0.25, -0.2) is 4.79 Å². The fraction of sp³-hybridized carbons (Fsp3) is 0.571. The molecule has 1 aromatic carbocycles. The molecule has 0 bridgehead atoms. The highest BCUT2D eigenvalue weighted by Gasteiger charge is 2.36. The van der Waals surface area contributed by atoms with Gasteiger partial charge in [-0.05, 0) is 56.7 Å². The largest absolute Gasteiger partial charge is 0.444 e. The van der Waals surface area contributed by atoms with Crippen LogP contribution in [0.1, 0.15) is 84.4 Å². The third-order valence-electron chi connectivity index (χ3n) is 5.32. The molecule has 0 spiro atoms. The molecule has 0 aliphatic heterocycles. The smallest absolute Gasteiger partial charge is 0.408 e. The van der Waals surface area contributed by atoms with Gasteiger partial charge in [-0.3, -0.25) is 9.59 Å². The van der Waals surface area contributed by atoms with Gasteiger partial charge in [0.15, 0.2) is 0 Å². The molecule has 2 atom stereocenters. The number of hydrogen-bond donors (Lipinski definition) is 2. The van der Waals surface area contributed by atoms with Crippen LogP contribution in [0.2, 0.25) is 0 Å². The number of ether oxygens (including phenoxy) is 1. The van der Waals surface area contributed by atoms with Gasteiger partial charge in [0, 0.05) is 6.54 Å². The summed E-state index contributed by atoms with van der Waals surface area (Å²) in [5.74, 6) is -0.839. The van der Waals surface area contributed by atoms with Crippen molar-refractivity contribution in [1.29, 1.82) is 5.26 Å². The molecule has 36 heavy (non-hydrogen) atoms. The number of amides is 3. The summed E-state index contributed by atoms with van der Waals surface area (Å²) in [5, 5.41) is 15.2. The van der Waals surface area contributed by atoms with Gasteiger partial charge < -0.3 is 20.3 Å². The first kappa shape index (κ1) is 30.7. The van der Waals surface area contributed by atoms with Gasteiger partial charge in [0.25, 0.3) is 0 Å². The van der Waals surface area contributed by atoms with E-state index in [1.54, 1.807) is 45.0 Å². The van der Waals surface area contributed by atoms with Gasteiger partial charge in [-0.15, -0.1) is 0 Å². The van der Waals surface area contributed by atoms with E-state index in [0.717, 1.165) is 24.8 Å². The van der Waals surface area contributed by atoms with Gasteiger partial charge in [-0.1, -0.05) is 64.5 Å². The Kier molecular flexibility index (Phi) is 12.7. The van der Waals surface area contributed by atoms with Crippen molar-refractivity contribution in [2.45, 2.75) is 84.9 Å². The average molecular weight is 499 g/mol. The van der Waals surface area contributed by atoms with Crippen molar-refractivity contribution >= 4 is 24.0 Å². The average Bonchev–Trinajstić information content (AvgIpc) is 2.79. The van der Waals surface area contributed by atoms with E-state index < -0.39 is 29.7 Å². The van der Waals surface area contributed by atoms with E-state index in [4.69, 9.17) is 4.74 Å². The second kappa shape index (κ2) is 14.9. The van der Waals surface area contributed by atoms with Crippen LogP contribution in [0, 0.1) is 17.2 Å². The summed E-state index contributed by atoms with van der Waals surface area (Å²) in [6.07, 6.45) is 4.03. The van der Waals surface area contributed by atoms with Crippen LogP contribution in [0.3, 0.4) is 0 Å². The lowest BCUT2D eigenvalue weighted by Crippen LogP contribution is -2.53. The molecule has 8 heteroatoms. The molecule has 8 nitrogen and oxygen atoms in total. The lowest BCUT2D eigenvalue weighted by molar-refractivity contribution is -0.142. The Morgan fingerprint density at radius 1 is 1.22 bits per heavy atom. The van der Waals surface area contributed by atoms with Crippen molar-refractivity contribution in [3.63, 3.8) is 0 Å². The minimum atomic E-state index is -1.05. The Morgan fingerprint density at radius 2 is 1.92 bits per heavy atom. The van der Waals surface area contributed by atoms with Crippen LogP contribution in [-0.4, -0.2) is 47.5 Å². The minimum absolute atomic E-state index is 0.0586. The minimum Gasteiger partial charge on any atom is -0.444 e. The number of carbonyl (C=O) groups excluding carboxylic acids is 3. The van der Waals surface area contributed by atoms with Crippen molar-refractivity contribution in [3.05, 3.63) is 42.0 Å². The summed E-state index contributed by atoms with van der Waals surface area (Å²) in [7, 11) is 0. The van der Waals surface area contributed by atoms with Crippen LogP contribution in [0.15, 0.2) is 30.8 Å². The number of nitriles is 1. The van der Waals surface area contributed by atoms with Crippen LogP contribution in [0.4, 0.5) is 4.79 Å². The first-order chi connectivity index (χ1) is 16.9. The highest BCUT2D eigenvalue weighted by molar-refractivity contribution is 5.92. The van der Waals surface area contributed by atoms with E-state index in [2.05, 4.69) is 24.1 Å². The molecular formula is C28H42N4O4. The third-order valence-corrected chi connectivity index (χ3v) is 5.32. The molecule has 0 heterocycles. The van der Waals surface area contributed by atoms with Crippen molar-refractivity contribution in [3.8, 4) is 6.07 Å². The van der Waals surface area contributed by atoms with Crippen LogP contribution < -0.4 is 10.6 Å². The van der Waals surface area contributed by atoms with E-state index in [0.29, 0.717) is 18.5 Å². The first-order valence-corrected chi connectivity index (χ1v) is 12.6. The zero-order chi connectivity index (χ0) is 27.3. The molecule has 2 N–H and O–H groups in total. The quantitative estimate of drug-likeness (QED) is 0.295. The maximum Gasteiger partial charge on any atom is 0.408 e. The normalized spacial score (nSPS) is 12.7. The second-order valence-electron chi connectivity index (χ2n) is 10.2. The Labute approximate surface area is 216 Å². The zero-order valence-corrected chi connectivity index (χ0v) is 22.6. The maximum atomic E-state index is 13.8. The highest BCUT2D eigenvalue weighted by atomic mass is 16.6. The van der Waals surface area contributed by atoms with Crippen LogP contribution in [0.25, 0.3) is 6.08 Å². The van der Waals surface area contributed by atoms with E-state index in [1.807, 2.05) is 26.0 Å². The van der Waals surface area contributed by atoms with Crippen molar-refractivity contribution in [2.75, 3.05) is 13.1 Å². The number of nitrogens with one attached hydrogen (secondary N) is 2. The number of carbonyl (C=O) groups is 3. The summed E-state index contributed by atoms with van der Waals surface area (Å²) in [4.78, 5) is 41.0. The number of unbranched alkanes of at least 4 members (excludes halogenated alkanes) is 2. The number of hydrogen-bond acceptors (Lipinski definition) is 5. The van der Waals surface area contributed by atoms with Crippen LogP contribution >= 0.6 is 0 Å². The lowest BCUT2D eigenvalue weighted by atomic mass is 9.98. The summed E-state index contributed by atoms with van der Waals surface area (Å²) < 4.78 is 5.36. The molecule has 2 unspecified atom stereocenters. The molecule has 0 saturated heterocycles. The standard InChI is InChI=1S/C28H42N4O4/c1-8-10-11-16-30-25(33)24(22-14-12-13-21(9-2)19-22)32(17-15-29)26(34)23(18-20(3)4)31-27(35)36-28(5,6)7/h9,12-14,19-20,23-24H,2,8,10-11,16-18H2,1,3-7H3,(H,30,33)(H,31,35). The van der Waals surface area contributed by atoms with Gasteiger partial charge in [0.1, 0.15) is 24.2 Å². The number of rotatable bonds is 13. The van der Waals surface area contributed by atoms with Gasteiger partial charge in [0.05, 0.1) is 6.07 Å². The Bertz CT molecular complexity index is 930. The predicted molar refractivity (Wildman–Crippen MR) is 142 cm³/mol. The summed E-state index contributed by atoms with van der Waals surface area (Å²) in [6.45, 7) is 15.1. The molecule has 1 rings (SSSR count). The fourth-order valence-electron chi connectivity index (χ4n) is 3.73. The highest BCUT2D eigenvalue weighted by Crippen LogP contribution is 2.25. The summed E-state index contributed by atoms with van der Waals surface area (Å²) in [5.41, 5.74) is 0.601. The monoisotopic (exact) mass is 498 g/mol. The van der Waals surface area contributed by atoms with E-state index >= 15 is 0 Å². The van der Waals surface area contributed by atoms with E-state index in [1.165, 1.54) is 4.90 Å². The molecule has 198 valence electrons. The molecular weight excluding hydrogens is 456 g/mol. The molecule has 1 aromatic rings. The Balaban J connectivity index is 3.41. The van der Waals surface area contributed by atoms with E-state index in [9.17, 15) is 19.6 Å². The SMILES string of the molecule is C=Cc1cccc(C(C(=O)NCCCCC)N(CC#N)C(=O)C(CC(C)C)NC(=O)OC(C)(C)C)c1. The molecule has 0 aliphatic carbocycles. The zero-order valence-electron chi connectivity index (χ0n) is 22.6. The predicted octanol–water partition coefficient (Wildman–Crippen LogP) is 4.97. The first-order valence-electron chi connectivity index (χ1n) is 12.6. The molecule has 0 aromatic heterocycles. The van der Waals surface area contributed by atoms with Gasteiger partial charge >= 0.3 is 6.09 Å². The Morgan fingerprint density at radius 3 is 2.47 bits per heavy atom. The number of benzene rings is 1. The van der Waals surface area contributed by atoms with Crippen LogP contribution in [-0.2, 0) is 14.3 Å². The topological polar surface area (TPSA) is 112 Å². The van der Waals surface area contributed by atoms with Crippen molar-refractivity contribution in [2.24, 2.45) is 5.92 Å². The lowest BCUT2D eigenvalue weighted by Gasteiger charge is -2.33. The number of alkyl carbamates (subject to hydrolysis) is 1. The number of nitrogens with zero attached hydrogens (tertiary/aromatic N) is 2. The second-order valence-corrected chi connectivity index (χ2v) is 10.2. The van der Waals surface area contributed by atoms with Gasteiger partial charge in [-0.2, -0.15) is 5.26 Å². The summed E-state index contributed by atoms with van der Waals surface area (Å²) >= 11 is 0. The van der Waals surface area contributed by atoms with Crippen molar-refractivity contribution < 1.29 is 19.1 Å². The molecule has 0 radical (unpaired) electrons. The Hall–Kier alpha value is -3.34. The molecule has 0 fully saturated rings. The molecule has 0 aliphatic rings. The van der Waals surface area contributed by atoms with E-state index in [-0.39, 0.29) is 18.4 Å².